The lowest BCUT2D eigenvalue weighted by molar-refractivity contribution is 0.590. The Kier molecular flexibility index (Phi) is 7.69. The smallest absolute Gasteiger partial charge is 0.252 e. The zero-order valence-electron chi connectivity index (χ0n) is 34.9. The van der Waals surface area contributed by atoms with Crippen molar-refractivity contribution in [2.24, 2.45) is 0 Å². The molecule has 0 bridgehead atoms. The second-order valence-corrected chi connectivity index (χ2v) is 18.7. The summed E-state index contributed by atoms with van der Waals surface area (Å²) in [6, 6.07) is 58.9. The molecule has 0 radical (unpaired) electrons. The molecule has 9 aromatic rings. The molecule has 0 amide bonds. The second kappa shape index (κ2) is 12.7. The lowest BCUT2D eigenvalue weighted by atomic mass is 9.33. The van der Waals surface area contributed by atoms with Crippen LogP contribution in [0.25, 0.3) is 43.8 Å². The molecule has 1 aromatic heterocycles. The average molecular weight is 763 g/mol. The highest BCUT2D eigenvalue weighted by atomic mass is 16.3. The van der Waals surface area contributed by atoms with E-state index in [0.29, 0.717) is 0 Å². The van der Waals surface area contributed by atoms with E-state index < -0.39 is 0 Å². The minimum atomic E-state index is -0.0164. The van der Waals surface area contributed by atoms with Gasteiger partial charge < -0.3 is 14.2 Å². The van der Waals surface area contributed by atoms with Crippen LogP contribution in [0.1, 0.15) is 58.2 Å². The molecule has 3 heterocycles. The van der Waals surface area contributed by atoms with E-state index >= 15 is 0 Å². The van der Waals surface area contributed by atoms with Crippen molar-refractivity contribution < 1.29 is 4.42 Å². The predicted molar refractivity (Wildman–Crippen MR) is 253 cm³/mol. The minimum absolute atomic E-state index is 0.00949. The molecule has 8 aromatic carbocycles. The summed E-state index contributed by atoms with van der Waals surface area (Å²) in [5, 5.41) is 4.77. The Bertz CT molecular complexity index is 3160. The summed E-state index contributed by atoms with van der Waals surface area (Å²) in [7, 11) is 0. The molecule has 0 aliphatic carbocycles. The SMILES string of the molecule is Cc1cc2c3c(c1)N(c1ccc4ccccc4c1)c1ccc(C(C)(C)C)cc1B3c1cc(C(C)(C)C)ccc1N2c1ccc(-c2cccc3c2oc2ccccc23)cc1. The van der Waals surface area contributed by atoms with Gasteiger partial charge in [-0.05, 0) is 122 Å². The summed E-state index contributed by atoms with van der Waals surface area (Å²) in [4.78, 5) is 5.05. The standard InChI is InChI=1S/C55H47BN2O/c1-34-29-49-52-50(30-34)58(41-26-19-35-13-8-9-14-37(35)31-41)48-28-23-39(55(5,6)7)33-46(48)56(52)45-32-38(54(2,3)4)22-27-47(45)57(49)40-24-20-36(21-25-40)42-16-12-17-44-43-15-10-11-18-51(43)59-53(42)44/h8-33H,1-7H3. The molecule has 0 unspecified atom stereocenters. The zero-order valence-corrected chi connectivity index (χ0v) is 34.9. The van der Waals surface area contributed by atoms with Crippen molar-refractivity contribution in [2.45, 2.75) is 59.3 Å². The Balaban J connectivity index is 1.16. The van der Waals surface area contributed by atoms with E-state index in [-0.39, 0.29) is 17.5 Å². The van der Waals surface area contributed by atoms with Gasteiger partial charge in [-0.1, -0.05) is 145 Å². The maximum Gasteiger partial charge on any atom is 0.252 e. The lowest BCUT2D eigenvalue weighted by Crippen LogP contribution is -2.61. The summed E-state index contributed by atoms with van der Waals surface area (Å²) in [5.41, 5.74) is 19.2. The normalized spacial score (nSPS) is 13.6. The van der Waals surface area contributed by atoms with Crippen molar-refractivity contribution >= 4 is 89.9 Å². The highest BCUT2D eigenvalue weighted by Gasteiger charge is 2.44. The van der Waals surface area contributed by atoms with Gasteiger partial charge in [-0.15, -0.1) is 0 Å². The maximum absolute atomic E-state index is 6.49. The van der Waals surface area contributed by atoms with Crippen LogP contribution in [0.4, 0.5) is 34.1 Å². The van der Waals surface area contributed by atoms with Crippen LogP contribution in [0.3, 0.4) is 0 Å². The summed E-state index contributed by atoms with van der Waals surface area (Å²) in [5.74, 6) is 0. The zero-order chi connectivity index (χ0) is 40.4. The molecule has 0 saturated heterocycles. The molecule has 2 aliphatic heterocycles. The van der Waals surface area contributed by atoms with Gasteiger partial charge in [-0.3, -0.25) is 0 Å². The first-order valence-electron chi connectivity index (χ1n) is 21.0. The summed E-state index contributed by atoms with van der Waals surface area (Å²) in [6.07, 6.45) is 0. The molecule has 2 aliphatic rings. The third-order valence-corrected chi connectivity index (χ3v) is 12.8. The van der Waals surface area contributed by atoms with Crippen LogP contribution >= 0.6 is 0 Å². The fourth-order valence-corrected chi connectivity index (χ4v) is 9.71. The van der Waals surface area contributed by atoms with Crippen molar-refractivity contribution in [1.29, 1.82) is 0 Å². The van der Waals surface area contributed by atoms with Crippen LogP contribution < -0.4 is 26.2 Å². The molecule has 0 N–H and O–H groups in total. The Morgan fingerprint density at radius 2 is 1.05 bits per heavy atom. The van der Waals surface area contributed by atoms with Crippen LogP contribution in [0.2, 0.25) is 0 Å². The third-order valence-electron chi connectivity index (χ3n) is 12.8. The minimum Gasteiger partial charge on any atom is -0.455 e. The molecule has 0 spiro atoms. The average Bonchev–Trinajstić information content (AvgIpc) is 3.61. The number of hydrogen-bond donors (Lipinski definition) is 0. The molecule has 3 nitrogen and oxygen atoms in total. The largest absolute Gasteiger partial charge is 0.455 e. The van der Waals surface area contributed by atoms with Crippen molar-refractivity contribution in [3.63, 3.8) is 0 Å². The van der Waals surface area contributed by atoms with Crippen molar-refractivity contribution in [3.8, 4) is 11.1 Å². The van der Waals surface area contributed by atoms with E-state index in [9.17, 15) is 0 Å². The van der Waals surface area contributed by atoms with Gasteiger partial charge in [0.1, 0.15) is 11.2 Å². The van der Waals surface area contributed by atoms with Gasteiger partial charge in [0.25, 0.3) is 6.71 Å². The number of para-hydroxylation sites is 2. The van der Waals surface area contributed by atoms with E-state index in [2.05, 4.69) is 210 Å². The number of anilines is 6. The number of fused-ring (bicyclic) bond motifs is 8. The van der Waals surface area contributed by atoms with Gasteiger partial charge in [0, 0.05) is 50.5 Å². The number of furan rings is 1. The Labute approximate surface area is 347 Å². The predicted octanol–water partition coefficient (Wildman–Crippen LogP) is 13.4. The van der Waals surface area contributed by atoms with Gasteiger partial charge in [0.2, 0.25) is 0 Å². The summed E-state index contributed by atoms with van der Waals surface area (Å²) in [6.45, 7) is 16.3. The van der Waals surface area contributed by atoms with Crippen molar-refractivity contribution in [1.82, 2.24) is 0 Å². The molecule has 286 valence electrons. The topological polar surface area (TPSA) is 19.6 Å². The first kappa shape index (κ1) is 35.6. The number of nitrogens with zero attached hydrogens (tertiary/aromatic N) is 2. The molecule has 0 atom stereocenters. The van der Waals surface area contributed by atoms with Gasteiger partial charge in [0.05, 0.1) is 0 Å². The Morgan fingerprint density at radius 3 is 1.71 bits per heavy atom. The van der Waals surface area contributed by atoms with E-state index in [1.807, 2.05) is 6.07 Å². The monoisotopic (exact) mass is 762 g/mol. The fraction of sp³-hybridized carbons (Fsp3) is 0.164. The maximum atomic E-state index is 6.49. The van der Waals surface area contributed by atoms with Crippen LogP contribution in [-0.4, -0.2) is 6.71 Å². The highest BCUT2D eigenvalue weighted by molar-refractivity contribution is 7.00. The molecule has 0 saturated carbocycles. The molecule has 11 rings (SSSR count). The summed E-state index contributed by atoms with van der Waals surface area (Å²) < 4.78 is 6.49. The Morgan fingerprint density at radius 1 is 0.475 bits per heavy atom. The Hall–Kier alpha value is -6.52. The molecule has 4 heteroatoms. The first-order chi connectivity index (χ1) is 28.4. The van der Waals surface area contributed by atoms with Crippen LogP contribution in [0.15, 0.2) is 162 Å². The summed E-state index contributed by atoms with van der Waals surface area (Å²) >= 11 is 0. The first-order valence-corrected chi connectivity index (χ1v) is 21.0. The van der Waals surface area contributed by atoms with E-state index in [1.54, 1.807) is 0 Å². The number of rotatable bonds is 3. The van der Waals surface area contributed by atoms with Crippen LogP contribution in [0.5, 0.6) is 0 Å². The van der Waals surface area contributed by atoms with Gasteiger partial charge in [-0.2, -0.15) is 0 Å². The quantitative estimate of drug-likeness (QED) is 0.167. The van der Waals surface area contributed by atoms with E-state index in [0.717, 1.165) is 38.8 Å². The molecular formula is C55H47BN2O. The van der Waals surface area contributed by atoms with E-state index in [4.69, 9.17) is 4.42 Å². The van der Waals surface area contributed by atoms with Crippen molar-refractivity contribution in [2.75, 3.05) is 9.80 Å². The highest BCUT2D eigenvalue weighted by Crippen LogP contribution is 2.46. The molecule has 59 heavy (non-hydrogen) atoms. The lowest BCUT2D eigenvalue weighted by Gasteiger charge is -2.45. The van der Waals surface area contributed by atoms with Gasteiger partial charge in [-0.25, -0.2) is 0 Å². The van der Waals surface area contributed by atoms with Gasteiger partial charge in [0.15, 0.2) is 0 Å². The van der Waals surface area contributed by atoms with E-state index in [1.165, 1.54) is 72.3 Å². The molecule has 0 fully saturated rings. The molecular weight excluding hydrogens is 715 g/mol. The second-order valence-electron chi connectivity index (χ2n) is 18.7. The number of benzene rings is 8. The third kappa shape index (κ3) is 5.57. The van der Waals surface area contributed by atoms with Gasteiger partial charge >= 0.3 is 0 Å². The number of aryl methyl sites for hydroxylation is 1. The van der Waals surface area contributed by atoms with Crippen LogP contribution in [0, 0.1) is 6.92 Å². The fourth-order valence-electron chi connectivity index (χ4n) is 9.71. The van der Waals surface area contributed by atoms with Crippen LogP contribution in [-0.2, 0) is 10.8 Å². The number of hydrogen-bond acceptors (Lipinski definition) is 3. The van der Waals surface area contributed by atoms with Crippen molar-refractivity contribution in [3.05, 3.63) is 174 Å².